The van der Waals surface area contributed by atoms with E-state index in [0.717, 1.165) is 5.39 Å². The Hall–Kier alpha value is -2.40. The molecule has 1 heterocycles. The van der Waals surface area contributed by atoms with E-state index in [1.165, 1.54) is 4.57 Å². The molecule has 0 fully saturated rings. The highest BCUT2D eigenvalue weighted by Crippen LogP contribution is 2.12. The molecule has 0 aliphatic rings. The molecule has 1 N–H and O–H groups in total. The number of hydrogen-bond donors (Lipinski definition) is 1. The number of carbonyl (C=O) groups excluding carboxylic acids is 1. The number of methoxy groups -OCH3 is 1. The first kappa shape index (κ1) is 15.0. The second-order valence-electron chi connectivity index (χ2n) is 4.57. The van der Waals surface area contributed by atoms with Gasteiger partial charge in [0.1, 0.15) is 5.69 Å². The molecule has 0 aliphatic heterocycles. The Bertz CT molecular complexity index is 719. The van der Waals surface area contributed by atoms with E-state index >= 15 is 0 Å². The quantitative estimate of drug-likeness (QED) is 0.820. The summed E-state index contributed by atoms with van der Waals surface area (Å²) in [6, 6.07) is 8.95. The highest BCUT2D eigenvalue weighted by Gasteiger charge is 2.14. The average molecular weight is 286 g/mol. The lowest BCUT2D eigenvalue weighted by molar-refractivity contribution is 0.0944. The summed E-state index contributed by atoms with van der Waals surface area (Å²) in [6.45, 7) is 4.61. The van der Waals surface area contributed by atoms with Gasteiger partial charge in [0.05, 0.1) is 6.61 Å². The molecule has 1 amide bonds. The molecule has 0 bridgehead atoms. The van der Waals surface area contributed by atoms with Crippen molar-refractivity contribution in [2.24, 2.45) is 0 Å². The van der Waals surface area contributed by atoms with E-state index in [0.29, 0.717) is 30.8 Å². The molecule has 110 valence electrons. The Labute approximate surface area is 122 Å². The Kier molecular flexibility index (Phi) is 4.90. The smallest absolute Gasteiger partial charge is 0.268 e. The molecule has 0 spiro atoms. The second kappa shape index (κ2) is 6.85. The molecule has 0 atom stereocenters. The molecule has 0 saturated carbocycles. The number of ether oxygens (including phenoxy) is 1. The first-order chi connectivity index (χ1) is 10.2. The zero-order chi connectivity index (χ0) is 15.2. The fourth-order valence-corrected chi connectivity index (χ4v) is 2.15. The maximum Gasteiger partial charge on any atom is 0.268 e. The number of pyridine rings is 1. The minimum atomic E-state index is -0.297. The van der Waals surface area contributed by atoms with Crippen molar-refractivity contribution in [2.45, 2.75) is 6.54 Å². The molecule has 21 heavy (non-hydrogen) atoms. The number of aromatic nitrogens is 1. The Balaban J connectivity index is 2.57. The monoisotopic (exact) mass is 286 g/mol. The highest BCUT2D eigenvalue weighted by atomic mass is 16.5. The molecule has 0 unspecified atom stereocenters. The zero-order valence-corrected chi connectivity index (χ0v) is 12.0. The lowest BCUT2D eigenvalue weighted by atomic mass is 10.1. The summed E-state index contributed by atoms with van der Waals surface area (Å²) < 4.78 is 6.47. The molecule has 5 nitrogen and oxygen atoms in total. The summed E-state index contributed by atoms with van der Waals surface area (Å²) in [7, 11) is 1.56. The molecule has 0 saturated heterocycles. The van der Waals surface area contributed by atoms with Crippen LogP contribution in [0.3, 0.4) is 0 Å². The normalized spacial score (nSPS) is 10.5. The third-order valence-electron chi connectivity index (χ3n) is 3.18. The van der Waals surface area contributed by atoms with Crippen molar-refractivity contribution < 1.29 is 9.53 Å². The van der Waals surface area contributed by atoms with Gasteiger partial charge in [-0.25, -0.2) is 0 Å². The lowest BCUT2D eigenvalue weighted by Gasteiger charge is -2.13. The summed E-state index contributed by atoms with van der Waals surface area (Å²) in [5.41, 5.74) is 0.145. The number of benzene rings is 1. The molecular formula is C16H18N2O3. The van der Waals surface area contributed by atoms with Crippen LogP contribution in [0.15, 0.2) is 47.8 Å². The molecule has 0 aliphatic carbocycles. The van der Waals surface area contributed by atoms with E-state index in [1.54, 1.807) is 25.3 Å². The van der Waals surface area contributed by atoms with Gasteiger partial charge in [-0.15, -0.1) is 6.58 Å². The van der Waals surface area contributed by atoms with Crippen LogP contribution in [-0.4, -0.2) is 30.7 Å². The number of rotatable bonds is 6. The lowest BCUT2D eigenvalue weighted by Crippen LogP contribution is -2.33. The summed E-state index contributed by atoms with van der Waals surface area (Å²) in [4.78, 5) is 24.8. The van der Waals surface area contributed by atoms with Crippen molar-refractivity contribution in [1.29, 1.82) is 0 Å². The summed E-state index contributed by atoms with van der Waals surface area (Å²) in [5.74, 6) is -0.297. The predicted molar refractivity (Wildman–Crippen MR) is 82.6 cm³/mol. The minimum absolute atomic E-state index is 0.186. The van der Waals surface area contributed by atoms with Crippen molar-refractivity contribution >= 4 is 16.7 Å². The SMILES string of the molecule is C=CCNC(=O)c1cc2ccccc2c(=O)n1CCOC. The van der Waals surface area contributed by atoms with Gasteiger partial charge in [0, 0.05) is 25.6 Å². The average Bonchev–Trinajstić information content (AvgIpc) is 2.51. The third kappa shape index (κ3) is 3.20. The summed E-state index contributed by atoms with van der Waals surface area (Å²) in [5, 5.41) is 4.04. The van der Waals surface area contributed by atoms with Crippen molar-refractivity contribution in [3.63, 3.8) is 0 Å². The first-order valence-electron chi connectivity index (χ1n) is 6.69. The van der Waals surface area contributed by atoms with Crippen molar-refractivity contribution in [3.05, 3.63) is 59.0 Å². The van der Waals surface area contributed by atoms with E-state index < -0.39 is 0 Å². The molecule has 2 aromatic rings. The molecule has 5 heteroatoms. The standard InChI is InChI=1S/C16H18N2O3/c1-3-8-17-15(19)14-11-12-6-4-5-7-13(12)16(20)18(14)9-10-21-2/h3-7,11H,1,8-10H2,2H3,(H,17,19). The van der Waals surface area contributed by atoms with E-state index in [-0.39, 0.29) is 11.5 Å². The van der Waals surface area contributed by atoms with Crippen LogP contribution in [0.5, 0.6) is 0 Å². The van der Waals surface area contributed by atoms with Crippen LogP contribution in [-0.2, 0) is 11.3 Å². The Morgan fingerprint density at radius 2 is 2.19 bits per heavy atom. The number of amides is 1. The number of hydrogen-bond acceptors (Lipinski definition) is 3. The van der Waals surface area contributed by atoms with Crippen LogP contribution in [0, 0.1) is 0 Å². The number of carbonyl (C=O) groups is 1. The molecule has 1 aromatic carbocycles. The zero-order valence-electron chi connectivity index (χ0n) is 12.0. The van der Waals surface area contributed by atoms with Crippen molar-refractivity contribution in [2.75, 3.05) is 20.3 Å². The van der Waals surface area contributed by atoms with Gasteiger partial charge in [0.25, 0.3) is 11.5 Å². The van der Waals surface area contributed by atoms with Gasteiger partial charge in [-0.05, 0) is 17.5 Å². The Morgan fingerprint density at radius 3 is 2.90 bits per heavy atom. The summed E-state index contributed by atoms with van der Waals surface area (Å²) >= 11 is 0. The fourth-order valence-electron chi connectivity index (χ4n) is 2.15. The van der Waals surface area contributed by atoms with Gasteiger partial charge in [0.15, 0.2) is 0 Å². The highest BCUT2D eigenvalue weighted by molar-refractivity contribution is 5.96. The van der Waals surface area contributed by atoms with E-state index in [9.17, 15) is 9.59 Å². The van der Waals surface area contributed by atoms with Crippen LogP contribution < -0.4 is 10.9 Å². The van der Waals surface area contributed by atoms with Crippen LogP contribution in [0.4, 0.5) is 0 Å². The van der Waals surface area contributed by atoms with Gasteiger partial charge in [0.2, 0.25) is 0 Å². The van der Waals surface area contributed by atoms with Gasteiger partial charge in [-0.3, -0.25) is 9.59 Å². The van der Waals surface area contributed by atoms with Gasteiger partial charge in [-0.1, -0.05) is 24.3 Å². The van der Waals surface area contributed by atoms with Crippen LogP contribution >= 0.6 is 0 Å². The largest absolute Gasteiger partial charge is 0.383 e. The summed E-state index contributed by atoms with van der Waals surface area (Å²) in [6.07, 6.45) is 1.59. The molecule has 2 rings (SSSR count). The number of nitrogens with zero attached hydrogens (tertiary/aromatic N) is 1. The number of fused-ring (bicyclic) bond motifs is 1. The van der Waals surface area contributed by atoms with E-state index in [2.05, 4.69) is 11.9 Å². The van der Waals surface area contributed by atoms with Gasteiger partial charge in [-0.2, -0.15) is 0 Å². The maximum absolute atomic E-state index is 12.5. The van der Waals surface area contributed by atoms with Crippen LogP contribution in [0.25, 0.3) is 10.8 Å². The predicted octanol–water partition coefficient (Wildman–Crippen LogP) is 1.56. The van der Waals surface area contributed by atoms with Crippen LogP contribution in [0.1, 0.15) is 10.5 Å². The van der Waals surface area contributed by atoms with Gasteiger partial charge >= 0.3 is 0 Å². The van der Waals surface area contributed by atoms with E-state index in [4.69, 9.17) is 4.74 Å². The van der Waals surface area contributed by atoms with Gasteiger partial charge < -0.3 is 14.6 Å². The van der Waals surface area contributed by atoms with E-state index in [1.807, 2.05) is 18.2 Å². The number of nitrogens with one attached hydrogen (secondary N) is 1. The second-order valence-corrected chi connectivity index (χ2v) is 4.57. The minimum Gasteiger partial charge on any atom is -0.383 e. The molecular weight excluding hydrogens is 268 g/mol. The van der Waals surface area contributed by atoms with Crippen molar-refractivity contribution in [3.8, 4) is 0 Å². The Morgan fingerprint density at radius 1 is 1.43 bits per heavy atom. The maximum atomic E-state index is 12.5. The van der Waals surface area contributed by atoms with Crippen molar-refractivity contribution in [1.82, 2.24) is 9.88 Å². The fraction of sp³-hybridized carbons (Fsp3) is 0.250. The first-order valence-corrected chi connectivity index (χ1v) is 6.69. The molecule has 1 aromatic heterocycles. The topological polar surface area (TPSA) is 60.3 Å². The third-order valence-corrected chi connectivity index (χ3v) is 3.18. The van der Waals surface area contributed by atoms with Crippen LogP contribution in [0.2, 0.25) is 0 Å². The molecule has 0 radical (unpaired) electrons.